The molecule has 3 atom stereocenters. The minimum atomic E-state index is -0.0521. The average molecular weight is 300 g/mol. The van der Waals surface area contributed by atoms with Crippen LogP contribution in [0.1, 0.15) is 34.1 Å². The Kier molecular flexibility index (Phi) is 5.65. The molecule has 5 heteroatoms. The van der Waals surface area contributed by atoms with E-state index in [1.54, 1.807) is 0 Å². The molecule has 21 heavy (non-hydrogen) atoms. The minimum Gasteiger partial charge on any atom is -0.394 e. The lowest BCUT2D eigenvalue weighted by atomic mass is 9.85. The molecule has 2 rings (SSSR count). The fourth-order valence-corrected chi connectivity index (χ4v) is 3.27. The van der Waals surface area contributed by atoms with Crippen LogP contribution in [0.4, 0.5) is 0 Å². The standard InChI is InChI=1S/C16H32N2O3/c1-13-7-18(8-14(9-19)21-13)11-16(5-6-20-12-16)10-17-15(2,3)4/h13-14,17,19H,5-12H2,1-4H3. The van der Waals surface area contributed by atoms with Crippen LogP contribution in [0.2, 0.25) is 0 Å². The maximum atomic E-state index is 9.37. The van der Waals surface area contributed by atoms with Crippen LogP contribution in [-0.4, -0.2) is 73.8 Å². The molecule has 2 aliphatic heterocycles. The van der Waals surface area contributed by atoms with E-state index in [9.17, 15) is 5.11 Å². The lowest BCUT2D eigenvalue weighted by molar-refractivity contribution is -0.103. The molecule has 5 nitrogen and oxygen atoms in total. The average Bonchev–Trinajstić information content (AvgIpc) is 2.84. The lowest BCUT2D eigenvalue weighted by Gasteiger charge is -2.41. The van der Waals surface area contributed by atoms with E-state index in [1.807, 2.05) is 0 Å². The minimum absolute atomic E-state index is 0.0521. The Bertz CT molecular complexity index is 324. The normalized spacial score (nSPS) is 35.3. The predicted molar refractivity (Wildman–Crippen MR) is 83.5 cm³/mol. The van der Waals surface area contributed by atoms with Crippen LogP contribution in [-0.2, 0) is 9.47 Å². The summed E-state index contributed by atoms with van der Waals surface area (Å²) in [6, 6.07) is 0. The third kappa shape index (κ3) is 5.18. The summed E-state index contributed by atoms with van der Waals surface area (Å²) in [7, 11) is 0. The molecule has 0 aliphatic carbocycles. The number of nitrogens with one attached hydrogen (secondary N) is 1. The van der Waals surface area contributed by atoms with Crippen molar-refractivity contribution in [2.24, 2.45) is 5.41 Å². The number of morpholine rings is 1. The van der Waals surface area contributed by atoms with Gasteiger partial charge in [-0.3, -0.25) is 4.90 Å². The summed E-state index contributed by atoms with van der Waals surface area (Å²) in [4.78, 5) is 2.44. The van der Waals surface area contributed by atoms with E-state index in [1.165, 1.54) is 0 Å². The molecule has 0 aromatic carbocycles. The summed E-state index contributed by atoms with van der Waals surface area (Å²) >= 11 is 0. The van der Waals surface area contributed by atoms with E-state index in [4.69, 9.17) is 9.47 Å². The zero-order valence-corrected chi connectivity index (χ0v) is 14.0. The molecular formula is C16H32N2O3. The maximum Gasteiger partial charge on any atom is 0.0936 e. The summed E-state index contributed by atoms with van der Waals surface area (Å²) in [5.41, 5.74) is 0.311. The van der Waals surface area contributed by atoms with Crippen LogP contribution in [0.15, 0.2) is 0 Å². The first-order chi connectivity index (χ1) is 9.82. The van der Waals surface area contributed by atoms with Crippen molar-refractivity contribution in [3.8, 4) is 0 Å². The molecule has 2 heterocycles. The highest BCUT2D eigenvalue weighted by Crippen LogP contribution is 2.31. The molecule has 3 unspecified atom stereocenters. The molecule has 2 aliphatic rings. The van der Waals surface area contributed by atoms with Gasteiger partial charge in [-0.05, 0) is 34.1 Å². The first-order valence-corrected chi connectivity index (χ1v) is 8.13. The van der Waals surface area contributed by atoms with Crippen molar-refractivity contribution in [2.45, 2.75) is 51.9 Å². The largest absolute Gasteiger partial charge is 0.394 e. The topological polar surface area (TPSA) is 54.0 Å². The van der Waals surface area contributed by atoms with Gasteiger partial charge in [-0.15, -0.1) is 0 Å². The summed E-state index contributed by atoms with van der Waals surface area (Å²) in [5, 5.41) is 13.0. The van der Waals surface area contributed by atoms with Crippen LogP contribution < -0.4 is 5.32 Å². The number of rotatable bonds is 5. The van der Waals surface area contributed by atoms with Gasteiger partial charge in [0.1, 0.15) is 0 Å². The van der Waals surface area contributed by atoms with Crippen molar-refractivity contribution in [1.82, 2.24) is 10.2 Å². The second kappa shape index (κ2) is 6.92. The van der Waals surface area contributed by atoms with Crippen LogP contribution in [0, 0.1) is 5.41 Å². The van der Waals surface area contributed by atoms with E-state index >= 15 is 0 Å². The number of hydrogen-bond acceptors (Lipinski definition) is 5. The number of nitrogens with zero attached hydrogens (tertiary/aromatic N) is 1. The van der Waals surface area contributed by atoms with E-state index in [2.05, 4.69) is 37.9 Å². The quantitative estimate of drug-likeness (QED) is 0.789. The Morgan fingerprint density at radius 3 is 2.67 bits per heavy atom. The molecule has 0 saturated carbocycles. The number of hydrogen-bond donors (Lipinski definition) is 2. The third-order valence-electron chi connectivity index (χ3n) is 4.34. The Morgan fingerprint density at radius 2 is 2.10 bits per heavy atom. The van der Waals surface area contributed by atoms with Gasteiger partial charge in [-0.25, -0.2) is 0 Å². The Morgan fingerprint density at radius 1 is 1.33 bits per heavy atom. The van der Waals surface area contributed by atoms with Crippen molar-refractivity contribution in [1.29, 1.82) is 0 Å². The second-order valence-electron chi connectivity index (χ2n) is 7.85. The lowest BCUT2D eigenvalue weighted by Crippen LogP contribution is -2.54. The molecule has 0 bridgehead atoms. The SMILES string of the molecule is CC1CN(CC2(CNC(C)(C)C)CCOC2)CC(CO)O1. The van der Waals surface area contributed by atoms with Crippen LogP contribution in [0.25, 0.3) is 0 Å². The maximum absolute atomic E-state index is 9.37. The van der Waals surface area contributed by atoms with Crippen molar-refractivity contribution in [3.05, 3.63) is 0 Å². The molecule has 0 spiro atoms. The van der Waals surface area contributed by atoms with Crippen molar-refractivity contribution >= 4 is 0 Å². The molecule has 2 fully saturated rings. The van der Waals surface area contributed by atoms with Gasteiger partial charge >= 0.3 is 0 Å². The fourth-order valence-electron chi connectivity index (χ4n) is 3.27. The number of ether oxygens (including phenoxy) is 2. The van der Waals surface area contributed by atoms with Gasteiger partial charge in [-0.1, -0.05) is 0 Å². The number of aliphatic hydroxyl groups excluding tert-OH is 1. The summed E-state index contributed by atoms with van der Waals surface area (Å²) in [6.07, 6.45) is 1.24. The van der Waals surface area contributed by atoms with Crippen molar-refractivity contribution in [2.75, 3.05) is 46.0 Å². The molecule has 124 valence electrons. The van der Waals surface area contributed by atoms with E-state index in [-0.39, 0.29) is 29.8 Å². The van der Waals surface area contributed by atoms with Crippen LogP contribution in [0.5, 0.6) is 0 Å². The van der Waals surface area contributed by atoms with Gasteiger partial charge in [0.05, 0.1) is 25.4 Å². The van der Waals surface area contributed by atoms with Gasteiger partial charge in [-0.2, -0.15) is 0 Å². The predicted octanol–water partition coefficient (Wildman–Crippen LogP) is 0.863. The fraction of sp³-hybridized carbons (Fsp3) is 1.00. The molecule has 2 saturated heterocycles. The van der Waals surface area contributed by atoms with Gasteiger partial charge in [0.2, 0.25) is 0 Å². The van der Waals surface area contributed by atoms with Gasteiger partial charge in [0, 0.05) is 43.7 Å². The molecule has 0 amide bonds. The van der Waals surface area contributed by atoms with Crippen LogP contribution >= 0.6 is 0 Å². The zero-order chi connectivity index (χ0) is 15.5. The van der Waals surface area contributed by atoms with E-state index in [0.29, 0.717) is 0 Å². The Labute approximate surface area is 129 Å². The van der Waals surface area contributed by atoms with Crippen LogP contribution in [0.3, 0.4) is 0 Å². The monoisotopic (exact) mass is 300 g/mol. The summed E-state index contributed by atoms with van der Waals surface area (Å²) in [6.45, 7) is 14.2. The molecule has 0 radical (unpaired) electrons. The highest BCUT2D eigenvalue weighted by Gasteiger charge is 2.39. The van der Waals surface area contributed by atoms with E-state index in [0.717, 1.165) is 45.8 Å². The Balaban J connectivity index is 1.95. The van der Waals surface area contributed by atoms with Gasteiger partial charge < -0.3 is 19.9 Å². The van der Waals surface area contributed by atoms with Gasteiger partial charge in [0.15, 0.2) is 0 Å². The first-order valence-electron chi connectivity index (χ1n) is 8.13. The van der Waals surface area contributed by atoms with E-state index < -0.39 is 0 Å². The van der Waals surface area contributed by atoms with Gasteiger partial charge in [0.25, 0.3) is 0 Å². The highest BCUT2D eigenvalue weighted by atomic mass is 16.5. The Hall–Kier alpha value is -0.200. The summed E-state index contributed by atoms with van der Waals surface area (Å²) in [5.74, 6) is 0. The molecule has 0 aromatic rings. The zero-order valence-electron chi connectivity index (χ0n) is 14.0. The third-order valence-corrected chi connectivity index (χ3v) is 4.34. The van der Waals surface area contributed by atoms with Crippen molar-refractivity contribution in [3.63, 3.8) is 0 Å². The molecule has 2 N–H and O–H groups in total. The number of aliphatic hydroxyl groups is 1. The highest BCUT2D eigenvalue weighted by molar-refractivity contribution is 4.92. The molecule has 0 aromatic heterocycles. The molecular weight excluding hydrogens is 268 g/mol. The first kappa shape index (κ1) is 17.2. The van der Waals surface area contributed by atoms with Crippen molar-refractivity contribution < 1.29 is 14.6 Å². The second-order valence-corrected chi connectivity index (χ2v) is 7.85. The smallest absolute Gasteiger partial charge is 0.0936 e. The summed E-state index contributed by atoms with van der Waals surface area (Å²) < 4.78 is 11.4.